The second kappa shape index (κ2) is 5.15. The summed E-state index contributed by atoms with van der Waals surface area (Å²) in [6.45, 7) is 12.0. The largest absolute Gasteiger partial charge is 0.358 e. The van der Waals surface area contributed by atoms with Crippen molar-refractivity contribution in [2.24, 2.45) is 0 Å². The highest BCUT2D eigenvalue weighted by Gasteiger charge is 2.15. The Labute approximate surface area is 110 Å². The number of aryl methyl sites for hydroxylation is 3. The van der Waals surface area contributed by atoms with Gasteiger partial charge >= 0.3 is 0 Å². The number of fused-ring (bicyclic) bond motifs is 1. The van der Waals surface area contributed by atoms with Crippen molar-refractivity contribution in [1.82, 2.24) is 10.3 Å². The molecule has 0 fully saturated rings. The second-order valence-electron chi connectivity index (χ2n) is 5.34. The van der Waals surface area contributed by atoms with Crippen LogP contribution in [0.4, 0.5) is 0 Å². The molecule has 98 valence electrons. The highest BCUT2D eigenvalue weighted by atomic mass is 14.9. The summed E-state index contributed by atoms with van der Waals surface area (Å²) in [6, 6.07) is 4.94. The Balaban J connectivity index is 2.52. The molecule has 2 heteroatoms. The van der Waals surface area contributed by atoms with E-state index in [2.05, 4.69) is 57.1 Å². The van der Waals surface area contributed by atoms with E-state index in [4.69, 9.17) is 0 Å². The van der Waals surface area contributed by atoms with E-state index in [-0.39, 0.29) is 0 Å². The van der Waals surface area contributed by atoms with Gasteiger partial charge < -0.3 is 10.3 Å². The molecular formula is C16H24N2. The number of aromatic amines is 1. The molecule has 2 nitrogen and oxygen atoms in total. The van der Waals surface area contributed by atoms with Gasteiger partial charge in [-0.1, -0.05) is 18.6 Å². The molecule has 1 heterocycles. The first-order valence-electron chi connectivity index (χ1n) is 6.87. The highest BCUT2D eigenvalue weighted by molar-refractivity contribution is 5.88. The average Bonchev–Trinajstić information content (AvgIpc) is 2.63. The molecule has 1 atom stereocenters. The van der Waals surface area contributed by atoms with E-state index in [1.165, 1.54) is 39.7 Å². The van der Waals surface area contributed by atoms with Crippen LogP contribution < -0.4 is 5.32 Å². The molecule has 2 rings (SSSR count). The third-order valence-electron chi connectivity index (χ3n) is 3.62. The Kier molecular flexibility index (Phi) is 3.76. The lowest BCUT2D eigenvalue weighted by atomic mass is 10.0. The van der Waals surface area contributed by atoms with Crippen molar-refractivity contribution in [3.8, 4) is 0 Å². The molecule has 0 amide bonds. The van der Waals surface area contributed by atoms with Crippen LogP contribution in [0.5, 0.6) is 0 Å². The quantitative estimate of drug-likeness (QED) is 0.830. The van der Waals surface area contributed by atoms with Crippen molar-refractivity contribution in [3.05, 3.63) is 34.5 Å². The normalized spacial score (nSPS) is 13.2. The summed E-state index contributed by atoms with van der Waals surface area (Å²) < 4.78 is 0. The van der Waals surface area contributed by atoms with Crippen LogP contribution in [0.3, 0.4) is 0 Å². The predicted molar refractivity (Wildman–Crippen MR) is 79.2 cm³/mol. The van der Waals surface area contributed by atoms with Crippen molar-refractivity contribution in [1.29, 1.82) is 0 Å². The summed E-state index contributed by atoms with van der Waals surface area (Å²) in [5.41, 5.74) is 6.67. The molecule has 0 spiro atoms. The van der Waals surface area contributed by atoms with E-state index in [0.717, 1.165) is 6.54 Å². The molecule has 0 aliphatic rings. The Morgan fingerprint density at radius 1 is 1.22 bits per heavy atom. The van der Waals surface area contributed by atoms with Crippen molar-refractivity contribution < 1.29 is 0 Å². The number of H-pyrrole nitrogens is 1. The van der Waals surface area contributed by atoms with Gasteiger partial charge in [0.2, 0.25) is 0 Å². The van der Waals surface area contributed by atoms with Crippen molar-refractivity contribution >= 4 is 10.9 Å². The van der Waals surface area contributed by atoms with E-state index in [9.17, 15) is 0 Å². The third-order valence-corrected chi connectivity index (χ3v) is 3.62. The van der Waals surface area contributed by atoms with Gasteiger partial charge in [0.25, 0.3) is 0 Å². The van der Waals surface area contributed by atoms with Crippen molar-refractivity contribution in [2.75, 3.05) is 6.54 Å². The van der Waals surface area contributed by atoms with Crippen molar-refractivity contribution in [2.45, 2.75) is 47.1 Å². The fourth-order valence-electron chi connectivity index (χ4n) is 2.82. The molecule has 0 aliphatic carbocycles. The smallest absolute Gasteiger partial charge is 0.0489 e. The zero-order chi connectivity index (χ0) is 13.3. The first-order valence-corrected chi connectivity index (χ1v) is 6.87. The molecule has 1 aromatic carbocycles. The van der Waals surface area contributed by atoms with Crippen LogP contribution in [0.25, 0.3) is 10.9 Å². The molecule has 0 saturated heterocycles. The number of rotatable bonds is 4. The summed E-state index contributed by atoms with van der Waals surface area (Å²) in [6.07, 6.45) is 1.17. The van der Waals surface area contributed by atoms with Gasteiger partial charge in [0.05, 0.1) is 0 Å². The molecular weight excluding hydrogens is 220 g/mol. The van der Waals surface area contributed by atoms with E-state index >= 15 is 0 Å². The van der Waals surface area contributed by atoms with Gasteiger partial charge in [-0.3, -0.25) is 0 Å². The fraction of sp³-hybridized carbons (Fsp3) is 0.500. The van der Waals surface area contributed by atoms with Crippen LogP contribution in [-0.4, -0.2) is 11.5 Å². The number of hydrogen-bond donors (Lipinski definition) is 2. The summed E-state index contributed by atoms with van der Waals surface area (Å²) in [7, 11) is 0. The molecule has 0 radical (unpaired) electrons. The molecule has 2 aromatic rings. The van der Waals surface area contributed by atoms with E-state index in [0.29, 0.717) is 6.04 Å². The van der Waals surface area contributed by atoms with Gasteiger partial charge in [-0.05, 0) is 57.9 Å². The maximum atomic E-state index is 3.59. The highest BCUT2D eigenvalue weighted by Crippen LogP contribution is 2.30. The van der Waals surface area contributed by atoms with Crippen LogP contribution in [0.15, 0.2) is 12.1 Å². The predicted octanol–water partition coefficient (Wildman–Crippen LogP) is 4.15. The maximum Gasteiger partial charge on any atom is 0.0489 e. The zero-order valence-electron chi connectivity index (χ0n) is 12.1. The van der Waals surface area contributed by atoms with Crippen LogP contribution in [0, 0.1) is 20.8 Å². The molecule has 2 N–H and O–H groups in total. The minimum Gasteiger partial charge on any atom is -0.358 e. The summed E-state index contributed by atoms with van der Waals surface area (Å²) >= 11 is 0. The summed E-state index contributed by atoms with van der Waals surface area (Å²) in [5.74, 6) is 0. The maximum absolute atomic E-state index is 3.59. The molecule has 0 aliphatic heterocycles. The Morgan fingerprint density at radius 2 is 1.94 bits per heavy atom. The first kappa shape index (κ1) is 13.2. The molecule has 0 saturated carbocycles. The van der Waals surface area contributed by atoms with Gasteiger partial charge in [-0.15, -0.1) is 0 Å². The molecule has 18 heavy (non-hydrogen) atoms. The lowest BCUT2D eigenvalue weighted by molar-refractivity contribution is 0.571. The molecule has 1 unspecified atom stereocenters. The Bertz CT molecular complexity index is 552. The minimum atomic E-state index is 0.403. The number of nitrogens with one attached hydrogen (secondary N) is 2. The van der Waals surface area contributed by atoms with Crippen LogP contribution >= 0.6 is 0 Å². The summed E-state index contributed by atoms with van der Waals surface area (Å²) in [5, 5.41) is 4.96. The number of hydrogen-bond acceptors (Lipinski definition) is 1. The lowest BCUT2D eigenvalue weighted by Crippen LogP contribution is -2.19. The lowest BCUT2D eigenvalue weighted by Gasteiger charge is -2.14. The topological polar surface area (TPSA) is 27.8 Å². The van der Waals surface area contributed by atoms with E-state index < -0.39 is 0 Å². The van der Waals surface area contributed by atoms with Crippen LogP contribution in [0.1, 0.15) is 48.7 Å². The van der Waals surface area contributed by atoms with Crippen LogP contribution in [0.2, 0.25) is 0 Å². The monoisotopic (exact) mass is 244 g/mol. The third kappa shape index (κ3) is 2.30. The summed E-state index contributed by atoms with van der Waals surface area (Å²) in [4.78, 5) is 3.54. The van der Waals surface area contributed by atoms with E-state index in [1.807, 2.05) is 0 Å². The van der Waals surface area contributed by atoms with Crippen molar-refractivity contribution in [3.63, 3.8) is 0 Å². The van der Waals surface area contributed by atoms with Crippen LogP contribution in [-0.2, 0) is 0 Å². The van der Waals surface area contributed by atoms with Gasteiger partial charge in [0.15, 0.2) is 0 Å². The SMILES string of the molecule is CCCNC(C)c1c(C)[nH]c2c(C)cc(C)cc12. The minimum absolute atomic E-state index is 0.403. The van der Waals surface area contributed by atoms with Gasteiger partial charge in [0, 0.05) is 22.6 Å². The fourth-order valence-corrected chi connectivity index (χ4v) is 2.82. The average molecular weight is 244 g/mol. The zero-order valence-corrected chi connectivity index (χ0v) is 12.1. The molecule has 1 aromatic heterocycles. The Hall–Kier alpha value is -1.28. The van der Waals surface area contributed by atoms with Gasteiger partial charge in [0.1, 0.15) is 0 Å². The Morgan fingerprint density at radius 3 is 2.61 bits per heavy atom. The van der Waals surface area contributed by atoms with Gasteiger partial charge in [-0.2, -0.15) is 0 Å². The number of benzene rings is 1. The van der Waals surface area contributed by atoms with Gasteiger partial charge in [-0.25, -0.2) is 0 Å². The second-order valence-corrected chi connectivity index (χ2v) is 5.34. The molecule has 0 bridgehead atoms. The standard InChI is InChI=1S/C16H24N2/c1-6-7-17-12(4)15-13(5)18-16-11(3)8-10(2)9-14(15)16/h8-9,12,17-18H,6-7H2,1-5H3. The number of aromatic nitrogens is 1. The first-order chi connectivity index (χ1) is 8.54. The van der Waals surface area contributed by atoms with E-state index in [1.54, 1.807) is 0 Å².